The van der Waals surface area contributed by atoms with Gasteiger partial charge in [-0.25, -0.2) is 0 Å². The van der Waals surface area contributed by atoms with Gasteiger partial charge in [-0.05, 0) is 49.3 Å². The summed E-state index contributed by atoms with van der Waals surface area (Å²) in [6.45, 7) is 3.70. The van der Waals surface area contributed by atoms with E-state index in [-0.39, 0.29) is 5.92 Å². The summed E-state index contributed by atoms with van der Waals surface area (Å²) in [5, 5.41) is 0.653. The summed E-state index contributed by atoms with van der Waals surface area (Å²) in [4.78, 5) is 17.5. The normalized spacial score (nSPS) is 27.3. The fourth-order valence-electron chi connectivity index (χ4n) is 4.52. The SMILES string of the molecule is COc1ccc(CN2C[C@H]3CC[C@@H](C2)N(CC2CCC2)C3=O)cc1Cl. The van der Waals surface area contributed by atoms with E-state index in [1.165, 1.54) is 24.8 Å². The third kappa shape index (κ3) is 3.52. The molecule has 1 saturated carbocycles. The molecule has 3 aliphatic heterocycles. The van der Waals surface area contributed by atoms with E-state index in [9.17, 15) is 4.79 Å². The number of benzene rings is 1. The minimum atomic E-state index is 0.174. The van der Waals surface area contributed by atoms with Gasteiger partial charge >= 0.3 is 0 Å². The molecule has 5 rings (SSSR count). The van der Waals surface area contributed by atoms with Crippen LogP contribution in [0.3, 0.4) is 0 Å². The summed E-state index contributed by atoms with van der Waals surface area (Å²) in [6.07, 6.45) is 6.14. The summed E-state index contributed by atoms with van der Waals surface area (Å²) < 4.78 is 5.24. The van der Waals surface area contributed by atoms with Crippen molar-refractivity contribution in [3.63, 3.8) is 0 Å². The Morgan fingerprint density at radius 3 is 2.72 bits per heavy atom. The smallest absolute Gasteiger partial charge is 0.227 e. The van der Waals surface area contributed by atoms with Crippen LogP contribution in [-0.4, -0.2) is 48.5 Å². The predicted octanol–water partition coefficient (Wildman–Crippen LogP) is 3.57. The van der Waals surface area contributed by atoms with E-state index in [1.807, 2.05) is 12.1 Å². The van der Waals surface area contributed by atoms with Crippen molar-refractivity contribution in [3.05, 3.63) is 28.8 Å². The van der Waals surface area contributed by atoms with Crippen LogP contribution >= 0.6 is 11.6 Å². The van der Waals surface area contributed by atoms with Crippen LogP contribution in [0.4, 0.5) is 0 Å². The highest BCUT2D eigenvalue weighted by Crippen LogP contribution is 2.34. The lowest BCUT2D eigenvalue weighted by molar-refractivity contribution is -0.141. The summed E-state index contributed by atoms with van der Waals surface area (Å²) in [6, 6.07) is 6.38. The molecule has 4 aliphatic rings. The first-order valence-electron chi connectivity index (χ1n) is 9.49. The highest BCUT2D eigenvalue weighted by atomic mass is 35.5. The van der Waals surface area contributed by atoms with Crippen molar-refractivity contribution in [2.45, 2.75) is 44.7 Å². The van der Waals surface area contributed by atoms with Gasteiger partial charge < -0.3 is 9.64 Å². The fraction of sp³-hybridized carbons (Fsp3) is 0.650. The quantitative estimate of drug-likeness (QED) is 0.802. The number of fused-ring (bicyclic) bond motifs is 4. The number of carbonyl (C=O) groups is 1. The lowest BCUT2D eigenvalue weighted by Gasteiger charge is -2.40. The Balaban J connectivity index is 1.45. The van der Waals surface area contributed by atoms with Crippen LogP contribution in [0.5, 0.6) is 5.75 Å². The monoisotopic (exact) mass is 362 g/mol. The lowest BCUT2D eigenvalue weighted by Crippen LogP contribution is -2.50. The zero-order chi connectivity index (χ0) is 17.4. The Labute approximate surface area is 155 Å². The average molecular weight is 363 g/mol. The van der Waals surface area contributed by atoms with E-state index in [4.69, 9.17) is 16.3 Å². The van der Waals surface area contributed by atoms with Gasteiger partial charge in [-0.15, -0.1) is 0 Å². The number of rotatable bonds is 5. The molecule has 1 aromatic rings. The number of nitrogens with zero attached hydrogens (tertiary/aromatic N) is 2. The van der Waals surface area contributed by atoms with Crippen LogP contribution < -0.4 is 4.74 Å². The molecule has 3 saturated heterocycles. The molecule has 1 aliphatic carbocycles. The number of methoxy groups -OCH3 is 1. The van der Waals surface area contributed by atoms with Crippen LogP contribution in [0, 0.1) is 11.8 Å². The van der Waals surface area contributed by atoms with Crippen LogP contribution in [0.1, 0.15) is 37.7 Å². The van der Waals surface area contributed by atoms with Gasteiger partial charge in [-0.2, -0.15) is 0 Å². The maximum absolute atomic E-state index is 12.9. The van der Waals surface area contributed by atoms with Crippen molar-refractivity contribution >= 4 is 17.5 Å². The Morgan fingerprint density at radius 2 is 2.04 bits per heavy atom. The first kappa shape index (κ1) is 17.2. The molecule has 0 radical (unpaired) electrons. The first-order chi connectivity index (χ1) is 12.1. The van der Waals surface area contributed by atoms with Crippen molar-refractivity contribution in [3.8, 4) is 5.75 Å². The van der Waals surface area contributed by atoms with E-state index < -0.39 is 0 Å². The van der Waals surface area contributed by atoms with Gasteiger partial charge in [0.25, 0.3) is 0 Å². The van der Waals surface area contributed by atoms with Crippen LogP contribution in [-0.2, 0) is 11.3 Å². The van der Waals surface area contributed by atoms with E-state index >= 15 is 0 Å². The van der Waals surface area contributed by atoms with Crippen LogP contribution in [0.15, 0.2) is 18.2 Å². The molecule has 0 N–H and O–H groups in total. The second-order valence-electron chi connectivity index (χ2n) is 7.88. The molecule has 1 amide bonds. The summed E-state index contributed by atoms with van der Waals surface area (Å²) in [7, 11) is 1.63. The molecule has 0 spiro atoms. The first-order valence-corrected chi connectivity index (χ1v) is 9.87. The second-order valence-corrected chi connectivity index (χ2v) is 8.29. The molecule has 3 heterocycles. The zero-order valence-electron chi connectivity index (χ0n) is 14.9. The molecule has 2 bridgehead atoms. The van der Waals surface area contributed by atoms with Gasteiger partial charge in [0.15, 0.2) is 0 Å². The standard InChI is InChI=1S/C20H27ClN2O2/c1-25-19-8-5-15(9-18(19)21)10-22-12-16-6-7-17(13-22)23(20(16)24)11-14-3-2-4-14/h5,8-9,14,16-17H,2-4,6-7,10-13H2,1H3/t16-,17+/m1/s1. The molecule has 0 unspecified atom stereocenters. The van der Waals surface area contributed by atoms with E-state index in [2.05, 4.69) is 15.9 Å². The number of hydrogen-bond donors (Lipinski definition) is 0. The van der Waals surface area contributed by atoms with Crippen LogP contribution in [0.25, 0.3) is 0 Å². The number of halogens is 1. The zero-order valence-corrected chi connectivity index (χ0v) is 15.7. The summed E-state index contributed by atoms with van der Waals surface area (Å²) in [5.74, 6) is 2.03. The van der Waals surface area contributed by atoms with Gasteiger partial charge in [-0.1, -0.05) is 24.1 Å². The number of amides is 1. The number of ether oxygens (including phenoxy) is 1. The number of piperidine rings is 1. The van der Waals surface area contributed by atoms with E-state index in [0.29, 0.717) is 22.7 Å². The molecule has 4 nitrogen and oxygen atoms in total. The van der Waals surface area contributed by atoms with Crippen molar-refractivity contribution in [2.75, 3.05) is 26.7 Å². The Morgan fingerprint density at radius 1 is 1.20 bits per heavy atom. The van der Waals surface area contributed by atoms with Gasteiger partial charge in [0.2, 0.25) is 5.91 Å². The topological polar surface area (TPSA) is 32.8 Å². The highest BCUT2D eigenvalue weighted by molar-refractivity contribution is 6.32. The predicted molar refractivity (Wildman–Crippen MR) is 98.8 cm³/mol. The molecule has 0 aromatic heterocycles. The Kier molecular flexibility index (Phi) is 4.92. The average Bonchev–Trinajstić information content (AvgIpc) is 2.82. The third-order valence-corrected chi connectivity index (χ3v) is 6.47. The summed E-state index contributed by atoms with van der Waals surface area (Å²) >= 11 is 6.27. The van der Waals surface area contributed by atoms with Crippen molar-refractivity contribution in [1.29, 1.82) is 0 Å². The molecule has 25 heavy (non-hydrogen) atoms. The maximum Gasteiger partial charge on any atom is 0.227 e. The van der Waals surface area contributed by atoms with Gasteiger partial charge in [0.1, 0.15) is 5.75 Å². The number of hydrogen-bond acceptors (Lipinski definition) is 3. The van der Waals surface area contributed by atoms with Gasteiger partial charge in [-0.3, -0.25) is 9.69 Å². The molecule has 136 valence electrons. The van der Waals surface area contributed by atoms with Gasteiger partial charge in [0, 0.05) is 32.2 Å². The molecule has 4 fully saturated rings. The molecule has 2 atom stereocenters. The largest absolute Gasteiger partial charge is 0.495 e. The fourth-order valence-corrected chi connectivity index (χ4v) is 4.80. The minimum absolute atomic E-state index is 0.174. The Hall–Kier alpha value is -1.26. The maximum atomic E-state index is 12.9. The van der Waals surface area contributed by atoms with E-state index in [0.717, 1.165) is 44.9 Å². The van der Waals surface area contributed by atoms with E-state index in [1.54, 1.807) is 7.11 Å². The van der Waals surface area contributed by atoms with Gasteiger partial charge in [0.05, 0.1) is 18.1 Å². The molecular formula is C20H27ClN2O2. The molecule has 5 heteroatoms. The van der Waals surface area contributed by atoms with Crippen molar-refractivity contribution in [1.82, 2.24) is 9.80 Å². The number of carbonyl (C=O) groups excluding carboxylic acids is 1. The molecular weight excluding hydrogens is 336 g/mol. The highest BCUT2D eigenvalue weighted by Gasteiger charge is 2.41. The molecule has 1 aromatic carbocycles. The van der Waals surface area contributed by atoms with Crippen molar-refractivity contribution < 1.29 is 9.53 Å². The van der Waals surface area contributed by atoms with Crippen molar-refractivity contribution in [2.24, 2.45) is 11.8 Å². The Bertz CT molecular complexity index is 647. The lowest BCUT2D eigenvalue weighted by atomic mass is 9.83. The van der Waals surface area contributed by atoms with Crippen LogP contribution in [0.2, 0.25) is 5.02 Å². The third-order valence-electron chi connectivity index (χ3n) is 6.17. The second kappa shape index (κ2) is 7.16. The minimum Gasteiger partial charge on any atom is -0.495 e. The summed E-state index contributed by atoms with van der Waals surface area (Å²) in [5.41, 5.74) is 1.19.